The second kappa shape index (κ2) is 6.93. The standard InChI is InChI=1S/C10H11I2NO.ClH/c1-2-3-9(13)6-4-7(11)10(14)8(12)5-6;/h2,4-5,9,14H,1,3,13H2;1H/t9-;/m1./s1. The summed E-state index contributed by atoms with van der Waals surface area (Å²) < 4.78 is 1.67. The first-order valence-electron chi connectivity index (χ1n) is 4.10. The number of phenolic OH excluding ortho intramolecular Hbond substituents is 1. The summed E-state index contributed by atoms with van der Waals surface area (Å²) in [6.07, 6.45) is 2.55. The van der Waals surface area contributed by atoms with E-state index in [4.69, 9.17) is 5.73 Å². The Kier molecular flexibility index (Phi) is 7.14. The topological polar surface area (TPSA) is 46.2 Å². The Labute approximate surface area is 123 Å². The van der Waals surface area contributed by atoms with Crippen molar-refractivity contribution in [3.05, 3.63) is 37.5 Å². The lowest BCUT2D eigenvalue weighted by atomic mass is 10.1. The lowest BCUT2D eigenvalue weighted by Crippen LogP contribution is -2.09. The van der Waals surface area contributed by atoms with Crippen molar-refractivity contribution in [2.45, 2.75) is 12.5 Å². The van der Waals surface area contributed by atoms with Crippen molar-refractivity contribution in [2.75, 3.05) is 0 Å². The van der Waals surface area contributed by atoms with Crippen LogP contribution in [0.15, 0.2) is 24.8 Å². The van der Waals surface area contributed by atoms with E-state index in [0.29, 0.717) is 5.75 Å². The van der Waals surface area contributed by atoms with Gasteiger partial charge in [0, 0.05) is 6.04 Å². The number of nitrogens with two attached hydrogens (primary N) is 1. The Morgan fingerprint density at radius 1 is 1.40 bits per heavy atom. The monoisotopic (exact) mass is 451 g/mol. The molecule has 1 aromatic rings. The molecule has 0 bridgehead atoms. The van der Waals surface area contributed by atoms with E-state index in [-0.39, 0.29) is 18.4 Å². The van der Waals surface area contributed by atoms with Crippen molar-refractivity contribution in [1.82, 2.24) is 0 Å². The van der Waals surface area contributed by atoms with Crippen LogP contribution in [0, 0.1) is 7.14 Å². The first kappa shape index (κ1) is 15.5. The molecule has 0 spiro atoms. The van der Waals surface area contributed by atoms with Crippen LogP contribution in [-0.4, -0.2) is 5.11 Å². The molecule has 3 N–H and O–H groups in total. The Balaban J connectivity index is 0.00000196. The van der Waals surface area contributed by atoms with E-state index in [1.807, 2.05) is 12.1 Å². The molecule has 0 amide bonds. The number of aromatic hydroxyl groups is 1. The van der Waals surface area contributed by atoms with Crippen molar-refractivity contribution in [1.29, 1.82) is 0 Å². The minimum atomic E-state index is -0.0323. The van der Waals surface area contributed by atoms with Crippen molar-refractivity contribution in [3.8, 4) is 5.75 Å². The number of rotatable bonds is 3. The molecule has 0 unspecified atom stereocenters. The van der Waals surface area contributed by atoms with Gasteiger partial charge in [-0.05, 0) is 69.3 Å². The molecular weight excluding hydrogens is 439 g/mol. The minimum Gasteiger partial charge on any atom is -0.506 e. The lowest BCUT2D eigenvalue weighted by molar-refractivity contribution is 0.467. The number of hydrogen-bond donors (Lipinski definition) is 2. The summed E-state index contributed by atoms with van der Waals surface area (Å²) in [5, 5.41) is 9.57. The third-order valence-electron chi connectivity index (χ3n) is 1.89. The van der Waals surface area contributed by atoms with Gasteiger partial charge < -0.3 is 10.8 Å². The second-order valence-corrected chi connectivity index (χ2v) is 5.29. The Morgan fingerprint density at radius 2 is 1.87 bits per heavy atom. The molecule has 0 saturated carbocycles. The zero-order chi connectivity index (χ0) is 10.7. The maximum Gasteiger partial charge on any atom is 0.142 e. The molecular formula is C10H12ClI2NO. The molecule has 0 aromatic heterocycles. The maximum atomic E-state index is 9.57. The Morgan fingerprint density at radius 3 is 2.27 bits per heavy atom. The molecule has 2 nitrogen and oxygen atoms in total. The van der Waals surface area contributed by atoms with Gasteiger partial charge in [-0.15, -0.1) is 19.0 Å². The highest BCUT2D eigenvalue weighted by Gasteiger charge is 2.10. The van der Waals surface area contributed by atoms with Gasteiger partial charge >= 0.3 is 0 Å². The van der Waals surface area contributed by atoms with Gasteiger partial charge in [-0.1, -0.05) is 6.08 Å². The second-order valence-electron chi connectivity index (χ2n) is 2.96. The Hall–Kier alpha value is 0.470. The smallest absolute Gasteiger partial charge is 0.142 e. The molecule has 0 aliphatic heterocycles. The normalized spacial score (nSPS) is 11.7. The zero-order valence-corrected chi connectivity index (χ0v) is 13.0. The van der Waals surface area contributed by atoms with Crippen LogP contribution < -0.4 is 5.73 Å². The summed E-state index contributed by atoms with van der Waals surface area (Å²) in [5.41, 5.74) is 6.97. The molecule has 0 aliphatic carbocycles. The van der Waals surface area contributed by atoms with E-state index in [9.17, 15) is 5.11 Å². The summed E-state index contributed by atoms with van der Waals surface area (Å²) in [7, 11) is 0. The van der Waals surface area contributed by atoms with Gasteiger partial charge in [0.15, 0.2) is 0 Å². The van der Waals surface area contributed by atoms with Crippen LogP contribution >= 0.6 is 57.6 Å². The SMILES string of the molecule is C=CC[C@@H](N)c1cc(I)c(O)c(I)c1.Cl. The van der Waals surface area contributed by atoms with Gasteiger partial charge in [-0.25, -0.2) is 0 Å². The largest absolute Gasteiger partial charge is 0.506 e. The molecule has 0 fully saturated rings. The molecule has 5 heteroatoms. The number of phenols is 1. The first-order chi connectivity index (χ1) is 6.56. The molecule has 84 valence electrons. The van der Waals surface area contributed by atoms with E-state index in [1.165, 1.54) is 0 Å². The quantitative estimate of drug-likeness (QED) is 0.545. The van der Waals surface area contributed by atoms with E-state index in [0.717, 1.165) is 19.1 Å². The molecule has 0 saturated heterocycles. The zero-order valence-electron chi connectivity index (χ0n) is 7.91. The van der Waals surface area contributed by atoms with Crippen LogP contribution in [0.5, 0.6) is 5.75 Å². The minimum absolute atomic E-state index is 0. The number of hydrogen-bond acceptors (Lipinski definition) is 2. The van der Waals surface area contributed by atoms with Crippen molar-refractivity contribution < 1.29 is 5.11 Å². The summed E-state index contributed by atoms with van der Waals surface area (Å²) >= 11 is 4.20. The van der Waals surface area contributed by atoms with Gasteiger partial charge in [0.25, 0.3) is 0 Å². The van der Waals surface area contributed by atoms with Gasteiger partial charge in [0.05, 0.1) is 7.14 Å². The third kappa shape index (κ3) is 4.08. The van der Waals surface area contributed by atoms with Crippen molar-refractivity contribution >= 4 is 57.6 Å². The van der Waals surface area contributed by atoms with Crippen molar-refractivity contribution in [2.24, 2.45) is 5.73 Å². The highest BCUT2D eigenvalue weighted by atomic mass is 127. The summed E-state index contributed by atoms with van der Waals surface area (Å²) in [5.74, 6) is 0.334. The van der Waals surface area contributed by atoms with Gasteiger partial charge in [0.1, 0.15) is 5.75 Å². The third-order valence-corrected chi connectivity index (χ3v) is 3.53. The van der Waals surface area contributed by atoms with E-state index < -0.39 is 0 Å². The summed E-state index contributed by atoms with van der Waals surface area (Å²) in [6, 6.07) is 3.79. The fraction of sp³-hybridized carbons (Fsp3) is 0.200. The fourth-order valence-electron chi connectivity index (χ4n) is 1.11. The molecule has 0 radical (unpaired) electrons. The van der Waals surface area contributed by atoms with E-state index in [1.54, 1.807) is 6.08 Å². The van der Waals surface area contributed by atoms with Crippen LogP contribution in [0.1, 0.15) is 18.0 Å². The van der Waals surface area contributed by atoms with Gasteiger partial charge in [-0.2, -0.15) is 0 Å². The average molecular weight is 451 g/mol. The van der Waals surface area contributed by atoms with E-state index >= 15 is 0 Å². The predicted molar refractivity (Wildman–Crippen MR) is 82.5 cm³/mol. The summed E-state index contributed by atoms with van der Waals surface area (Å²) in [4.78, 5) is 0. The molecule has 0 heterocycles. The lowest BCUT2D eigenvalue weighted by Gasteiger charge is -2.11. The summed E-state index contributed by atoms with van der Waals surface area (Å²) in [6.45, 7) is 3.66. The first-order valence-corrected chi connectivity index (χ1v) is 6.26. The van der Waals surface area contributed by atoms with Crippen LogP contribution in [0.2, 0.25) is 0 Å². The molecule has 1 rings (SSSR count). The highest BCUT2D eigenvalue weighted by Crippen LogP contribution is 2.29. The van der Waals surface area contributed by atoms with Gasteiger partial charge in [0.2, 0.25) is 0 Å². The van der Waals surface area contributed by atoms with Crippen LogP contribution in [0.3, 0.4) is 0 Å². The Bertz CT molecular complexity index is 334. The van der Waals surface area contributed by atoms with Crippen LogP contribution in [0.25, 0.3) is 0 Å². The number of benzene rings is 1. The van der Waals surface area contributed by atoms with Gasteiger partial charge in [-0.3, -0.25) is 0 Å². The highest BCUT2D eigenvalue weighted by molar-refractivity contribution is 14.1. The van der Waals surface area contributed by atoms with Crippen molar-refractivity contribution in [3.63, 3.8) is 0 Å². The molecule has 1 atom stereocenters. The van der Waals surface area contributed by atoms with Crippen LogP contribution in [-0.2, 0) is 0 Å². The number of halogens is 3. The van der Waals surface area contributed by atoms with Crippen LogP contribution in [0.4, 0.5) is 0 Å². The average Bonchev–Trinajstić information content (AvgIpc) is 2.13. The van der Waals surface area contributed by atoms with E-state index in [2.05, 4.69) is 51.8 Å². The maximum absolute atomic E-state index is 9.57. The molecule has 15 heavy (non-hydrogen) atoms. The molecule has 1 aromatic carbocycles. The molecule has 0 aliphatic rings. The predicted octanol–water partition coefficient (Wildman–Crippen LogP) is 3.60. The fourth-order valence-corrected chi connectivity index (χ4v) is 2.93.